The average molecular weight is 237 g/mol. The third-order valence-corrected chi connectivity index (χ3v) is 3.19. The normalized spacial score (nSPS) is 10.8. The zero-order valence-corrected chi connectivity index (χ0v) is 9.83. The molecule has 0 amide bonds. The van der Waals surface area contributed by atoms with Crippen LogP contribution in [0.4, 0.5) is 0 Å². The molecule has 0 saturated carbocycles. The van der Waals surface area contributed by atoms with Crippen LogP contribution in [0.1, 0.15) is 10.4 Å². The first kappa shape index (κ1) is 10.2. The van der Waals surface area contributed by atoms with E-state index in [-0.39, 0.29) is 5.12 Å². The zero-order chi connectivity index (χ0) is 11.8. The minimum atomic E-state index is -0.300. The molecule has 3 aromatic carbocycles. The van der Waals surface area contributed by atoms with Crippen LogP contribution >= 0.6 is 12.6 Å². The van der Waals surface area contributed by atoms with Gasteiger partial charge in [-0.15, -0.1) is 0 Å². The fourth-order valence-electron chi connectivity index (χ4n) is 2.14. The van der Waals surface area contributed by atoms with Crippen molar-refractivity contribution in [2.75, 3.05) is 0 Å². The first-order valence-corrected chi connectivity index (χ1v) is 5.79. The van der Waals surface area contributed by atoms with Gasteiger partial charge in [0, 0.05) is 5.56 Å². The number of benzene rings is 3. The summed E-state index contributed by atoms with van der Waals surface area (Å²) >= 11 is 4.76. The molecule has 0 aromatic heterocycles. The molecule has 0 atom stereocenters. The Hall–Kier alpha value is -1.93. The van der Waals surface area contributed by atoms with E-state index in [4.69, 9.17) is 12.6 Å². The first-order chi connectivity index (χ1) is 8.25. The van der Waals surface area contributed by atoms with Crippen molar-refractivity contribution in [3.8, 4) is 0 Å². The van der Waals surface area contributed by atoms with Crippen LogP contribution in [-0.2, 0) is 0 Å². The van der Waals surface area contributed by atoms with Gasteiger partial charge in [0.15, 0.2) is 0 Å². The van der Waals surface area contributed by atoms with Crippen molar-refractivity contribution >= 4 is 39.3 Å². The van der Waals surface area contributed by atoms with Crippen molar-refractivity contribution in [2.24, 2.45) is 0 Å². The van der Waals surface area contributed by atoms with Gasteiger partial charge >= 0.3 is 0 Å². The molecule has 2 heteroatoms. The van der Waals surface area contributed by atoms with E-state index in [0.717, 1.165) is 16.2 Å². The molecule has 0 heterocycles. The number of fused-ring (bicyclic) bond motifs is 2. The lowest BCUT2D eigenvalue weighted by atomic mass is 10.0. The van der Waals surface area contributed by atoms with E-state index in [2.05, 4.69) is 12.1 Å². The summed E-state index contributed by atoms with van der Waals surface area (Å²) in [5.74, 6) is 0. The fraction of sp³-hybridized carbons (Fsp3) is 0. The van der Waals surface area contributed by atoms with Gasteiger partial charge in [0.05, 0.1) is 0 Å². The molecule has 0 bridgehead atoms. The highest BCUT2D eigenvalue weighted by molar-refractivity contribution is 7.97. The van der Waals surface area contributed by atoms with Crippen molar-refractivity contribution in [3.63, 3.8) is 0 Å². The van der Waals surface area contributed by atoms with Crippen molar-refractivity contribution in [3.05, 3.63) is 60.2 Å². The summed E-state index contributed by atoms with van der Waals surface area (Å²) < 4.78 is 0. The first-order valence-electron chi connectivity index (χ1n) is 5.38. The molecule has 3 rings (SSSR count). The van der Waals surface area contributed by atoms with Gasteiger partial charge in [0.25, 0.3) is 0 Å². The Kier molecular flexibility index (Phi) is 2.30. The third-order valence-electron chi connectivity index (χ3n) is 2.97. The Morgan fingerprint density at radius 3 is 2.18 bits per heavy atom. The van der Waals surface area contributed by atoms with Crippen molar-refractivity contribution in [2.45, 2.75) is 0 Å². The smallest absolute Gasteiger partial charge is 0.250 e. The molecule has 0 spiro atoms. The van der Waals surface area contributed by atoms with Crippen LogP contribution in [0.15, 0.2) is 54.6 Å². The van der Waals surface area contributed by atoms with E-state index >= 15 is 0 Å². The zero-order valence-electron chi connectivity index (χ0n) is 9.01. The molecular formula is C15H9OS. The molecule has 1 nitrogen and oxygen atoms in total. The van der Waals surface area contributed by atoms with Gasteiger partial charge in [-0.2, -0.15) is 0 Å². The van der Waals surface area contributed by atoms with E-state index in [1.165, 1.54) is 5.39 Å². The van der Waals surface area contributed by atoms with Gasteiger partial charge in [0.2, 0.25) is 5.12 Å². The lowest BCUT2D eigenvalue weighted by molar-refractivity contribution is 0.109. The molecular weight excluding hydrogens is 228 g/mol. The van der Waals surface area contributed by atoms with Gasteiger partial charge < -0.3 is 0 Å². The molecule has 0 aliphatic heterocycles. The average Bonchev–Trinajstić information content (AvgIpc) is 2.35. The third kappa shape index (κ3) is 1.67. The quantitative estimate of drug-likeness (QED) is 0.576. The van der Waals surface area contributed by atoms with Crippen molar-refractivity contribution in [1.82, 2.24) is 0 Å². The van der Waals surface area contributed by atoms with Crippen molar-refractivity contribution < 1.29 is 4.79 Å². The summed E-state index contributed by atoms with van der Waals surface area (Å²) in [6, 6.07) is 17.9. The summed E-state index contributed by atoms with van der Waals surface area (Å²) in [5.41, 5.74) is 0.614. The molecule has 81 valence electrons. The lowest BCUT2D eigenvalue weighted by Crippen LogP contribution is -1.90. The van der Waals surface area contributed by atoms with Crippen LogP contribution in [0.25, 0.3) is 21.5 Å². The Morgan fingerprint density at radius 1 is 0.824 bits per heavy atom. The van der Waals surface area contributed by atoms with Crippen molar-refractivity contribution in [1.29, 1.82) is 0 Å². The van der Waals surface area contributed by atoms with E-state index in [9.17, 15) is 4.79 Å². The number of hydrogen-bond donors (Lipinski definition) is 0. The van der Waals surface area contributed by atoms with E-state index in [1.807, 2.05) is 36.4 Å². The Labute approximate surface area is 104 Å². The molecule has 0 saturated heterocycles. The summed E-state index contributed by atoms with van der Waals surface area (Å²) in [6.45, 7) is 0. The summed E-state index contributed by atoms with van der Waals surface area (Å²) in [5, 5.41) is 3.99. The predicted octanol–water partition coefficient (Wildman–Crippen LogP) is 4.33. The van der Waals surface area contributed by atoms with Crippen LogP contribution in [0, 0.1) is 0 Å². The van der Waals surface area contributed by atoms with Gasteiger partial charge in [-0.05, 0) is 52.4 Å². The lowest BCUT2D eigenvalue weighted by Gasteiger charge is -2.05. The number of carbonyl (C=O) groups excluding carboxylic acids is 1. The summed E-state index contributed by atoms with van der Waals surface area (Å²) in [4.78, 5) is 11.4. The minimum absolute atomic E-state index is 0.300. The second-order valence-corrected chi connectivity index (χ2v) is 4.38. The van der Waals surface area contributed by atoms with Gasteiger partial charge in [0.1, 0.15) is 0 Å². The molecule has 0 unspecified atom stereocenters. The topological polar surface area (TPSA) is 17.1 Å². The highest BCUT2D eigenvalue weighted by Crippen LogP contribution is 2.26. The summed E-state index contributed by atoms with van der Waals surface area (Å²) in [6.07, 6.45) is 0. The maximum absolute atomic E-state index is 11.4. The van der Waals surface area contributed by atoms with E-state index < -0.39 is 0 Å². The van der Waals surface area contributed by atoms with E-state index in [1.54, 1.807) is 6.07 Å². The summed E-state index contributed by atoms with van der Waals surface area (Å²) in [7, 11) is 0. The number of carbonyl (C=O) groups is 1. The second-order valence-electron chi connectivity index (χ2n) is 4.01. The Balaban J connectivity index is 2.47. The molecule has 0 aliphatic carbocycles. The van der Waals surface area contributed by atoms with Crippen LogP contribution in [0.5, 0.6) is 0 Å². The minimum Gasteiger partial charge on any atom is -0.276 e. The number of rotatable bonds is 1. The largest absolute Gasteiger partial charge is 0.276 e. The van der Waals surface area contributed by atoms with Gasteiger partial charge in [-0.1, -0.05) is 36.4 Å². The molecule has 17 heavy (non-hydrogen) atoms. The Bertz CT molecular complexity index is 731. The maximum Gasteiger partial charge on any atom is 0.250 e. The van der Waals surface area contributed by atoms with E-state index in [0.29, 0.717) is 5.56 Å². The number of hydrogen-bond acceptors (Lipinski definition) is 1. The second kappa shape index (κ2) is 3.82. The monoisotopic (exact) mass is 237 g/mol. The van der Waals surface area contributed by atoms with Crippen LogP contribution < -0.4 is 0 Å². The van der Waals surface area contributed by atoms with Gasteiger partial charge in [-0.25, -0.2) is 0 Å². The molecule has 3 aromatic rings. The van der Waals surface area contributed by atoms with Crippen LogP contribution in [0.3, 0.4) is 0 Å². The molecule has 1 radical (unpaired) electrons. The Morgan fingerprint density at radius 2 is 1.47 bits per heavy atom. The highest BCUT2D eigenvalue weighted by atomic mass is 32.1. The molecule has 0 aliphatic rings. The predicted molar refractivity (Wildman–Crippen MR) is 73.4 cm³/mol. The SMILES string of the molecule is O=C([S])c1cccc2cc3ccccc3cc12. The van der Waals surface area contributed by atoms with Crippen LogP contribution in [0.2, 0.25) is 0 Å². The molecule has 0 N–H and O–H groups in total. The fourth-order valence-corrected chi connectivity index (χ4v) is 2.32. The molecule has 0 fully saturated rings. The maximum atomic E-state index is 11.4. The van der Waals surface area contributed by atoms with Crippen LogP contribution in [-0.4, -0.2) is 5.12 Å². The standard InChI is InChI=1S/C15H9OS/c16-15(17)13-7-3-6-12-8-10-4-1-2-5-11(10)9-14(12)13/h1-9H. The highest BCUT2D eigenvalue weighted by Gasteiger charge is 2.07. The van der Waals surface area contributed by atoms with Gasteiger partial charge in [-0.3, -0.25) is 4.79 Å².